The molecule has 1 unspecified atom stereocenters. The van der Waals surface area contributed by atoms with Crippen molar-refractivity contribution in [1.82, 2.24) is 9.80 Å². The van der Waals surface area contributed by atoms with E-state index < -0.39 is 11.5 Å². The molecule has 1 N–H and O–H groups in total. The molecular formula is C15H21FN2O2. The summed E-state index contributed by atoms with van der Waals surface area (Å²) in [4.78, 5) is 15.9. The predicted molar refractivity (Wildman–Crippen MR) is 75.2 cm³/mol. The van der Waals surface area contributed by atoms with Crippen LogP contribution in [0.5, 0.6) is 0 Å². The third kappa shape index (κ3) is 3.16. The molecule has 4 nitrogen and oxygen atoms in total. The number of nitrogens with zero attached hydrogens (tertiary/aromatic N) is 2. The Kier molecular flexibility index (Phi) is 4.40. The lowest BCUT2D eigenvalue weighted by molar-refractivity contribution is -0.151. The number of piperazine rings is 1. The molecule has 1 saturated heterocycles. The summed E-state index contributed by atoms with van der Waals surface area (Å²) in [6, 6.07) is 6.19. The lowest BCUT2D eigenvalue weighted by Gasteiger charge is -2.42. The van der Waals surface area contributed by atoms with Crippen molar-refractivity contribution in [3.05, 3.63) is 35.6 Å². The summed E-state index contributed by atoms with van der Waals surface area (Å²) >= 11 is 0. The van der Waals surface area contributed by atoms with Crippen LogP contribution in [0.1, 0.15) is 12.5 Å². The summed E-state index contributed by atoms with van der Waals surface area (Å²) in [6.45, 7) is 4.87. The minimum Gasteiger partial charge on any atom is -0.480 e. The van der Waals surface area contributed by atoms with Crippen LogP contribution in [-0.4, -0.2) is 59.6 Å². The summed E-state index contributed by atoms with van der Waals surface area (Å²) in [7, 11) is 2.03. The number of hydrogen-bond donors (Lipinski definition) is 1. The van der Waals surface area contributed by atoms with E-state index in [-0.39, 0.29) is 5.82 Å². The van der Waals surface area contributed by atoms with E-state index in [2.05, 4.69) is 4.90 Å². The first-order valence-electron chi connectivity index (χ1n) is 6.83. The quantitative estimate of drug-likeness (QED) is 0.907. The molecule has 1 aliphatic rings. The zero-order valence-corrected chi connectivity index (χ0v) is 12.0. The van der Waals surface area contributed by atoms with Crippen LogP contribution in [0.15, 0.2) is 24.3 Å². The van der Waals surface area contributed by atoms with E-state index in [1.807, 2.05) is 11.9 Å². The maximum atomic E-state index is 13.3. The maximum absolute atomic E-state index is 13.3. The van der Waals surface area contributed by atoms with Crippen molar-refractivity contribution in [2.45, 2.75) is 18.9 Å². The number of aliphatic carboxylic acids is 1. The molecule has 0 aliphatic carbocycles. The second-order valence-electron chi connectivity index (χ2n) is 5.68. The Hall–Kier alpha value is -1.46. The molecule has 2 rings (SSSR count). The molecule has 1 aromatic carbocycles. The van der Waals surface area contributed by atoms with E-state index in [9.17, 15) is 14.3 Å². The normalized spacial score (nSPS) is 20.6. The van der Waals surface area contributed by atoms with Crippen molar-refractivity contribution in [2.24, 2.45) is 0 Å². The van der Waals surface area contributed by atoms with Crippen LogP contribution in [0.4, 0.5) is 4.39 Å². The highest BCUT2D eigenvalue weighted by atomic mass is 19.1. The summed E-state index contributed by atoms with van der Waals surface area (Å²) in [5.74, 6) is -1.18. The van der Waals surface area contributed by atoms with E-state index >= 15 is 0 Å². The molecule has 0 amide bonds. The van der Waals surface area contributed by atoms with Gasteiger partial charge in [0.05, 0.1) is 0 Å². The first-order chi connectivity index (χ1) is 9.41. The van der Waals surface area contributed by atoms with Gasteiger partial charge in [-0.2, -0.15) is 0 Å². The van der Waals surface area contributed by atoms with Gasteiger partial charge in [-0.05, 0) is 31.7 Å². The van der Waals surface area contributed by atoms with Crippen LogP contribution in [0, 0.1) is 5.82 Å². The van der Waals surface area contributed by atoms with Gasteiger partial charge in [-0.15, -0.1) is 0 Å². The molecule has 0 radical (unpaired) electrons. The van der Waals surface area contributed by atoms with Crippen molar-refractivity contribution < 1.29 is 14.3 Å². The monoisotopic (exact) mass is 280 g/mol. The van der Waals surface area contributed by atoms with Crippen molar-refractivity contribution in [1.29, 1.82) is 0 Å². The van der Waals surface area contributed by atoms with Gasteiger partial charge in [0, 0.05) is 32.6 Å². The highest BCUT2D eigenvalue weighted by Gasteiger charge is 2.40. The van der Waals surface area contributed by atoms with Gasteiger partial charge in [-0.25, -0.2) is 4.39 Å². The van der Waals surface area contributed by atoms with Gasteiger partial charge in [0.25, 0.3) is 0 Å². The highest BCUT2D eigenvalue weighted by molar-refractivity contribution is 5.78. The molecule has 1 aliphatic heterocycles. The molecule has 0 aromatic heterocycles. The van der Waals surface area contributed by atoms with Crippen LogP contribution >= 0.6 is 0 Å². The summed E-state index contributed by atoms with van der Waals surface area (Å²) in [5.41, 5.74) is -0.275. The molecule has 5 heteroatoms. The maximum Gasteiger partial charge on any atom is 0.324 e. The number of benzene rings is 1. The van der Waals surface area contributed by atoms with Crippen LogP contribution in [0.3, 0.4) is 0 Å². The second-order valence-corrected chi connectivity index (χ2v) is 5.68. The fraction of sp³-hybridized carbons (Fsp3) is 0.533. The number of carbonyl (C=O) groups is 1. The fourth-order valence-electron chi connectivity index (χ4n) is 2.67. The van der Waals surface area contributed by atoms with E-state index in [4.69, 9.17) is 0 Å². The van der Waals surface area contributed by atoms with Gasteiger partial charge >= 0.3 is 5.97 Å². The number of rotatable bonds is 4. The van der Waals surface area contributed by atoms with E-state index in [0.717, 1.165) is 13.1 Å². The molecule has 0 spiro atoms. The lowest BCUT2D eigenvalue weighted by Crippen LogP contribution is -2.59. The molecule has 1 atom stereocenters. The number of carboxylic acid groups (broad SMARTS) is 1. The largest absolute Gasteiger partial charge is 0.480 e. The third-order valence-electron chi connectivity index (χ3n) is 4.10. The van der Waals surface area contributed by atoms with Gasteiger partial charge in [0.1, 0.15) is 11.4 Å². The number of hydrogen-bond acceptors (Lipinski definition) is 3. The van der Waals surface area contributed by atoms with Crippen molar-refractivity contribution in [3.8, 4) is 0 Å². The minimum absolute atomic E-state index is 0.309. The molecule has 110 valence electrons. The van der Waals surface area contributed by atoms with Gasteiger partial charge in [-0.3, -0.25) is 9.69 Å². The van der Waals surface area contributed by atoms with Crippen molar-refractivity contribution >= 4 is 5.97 Å². The summed E-state index contributed by atoms with van der Waals surface area (Å²) in [6.07, 6.45) is 0.309. The molecule has 0 bridgehead atoms. The molecule has 20 heavy (non-hydrogen) atoms. The molecular weight excluding hydrogens is 259 g/mol. The number of carboxylic acids is 1. The average Bonchev–Trinajstić information content (AvgIpc) is 2.39. The van der Waals surface area contributed by atoms with Crippen LogP contribution in [0.2, 0.25) is 0 Å². The van der Waals surface area contributed by atoms with Crippen LogP contribution in [-0.2, 0) is 11.2 Å². The minimum atomic E-state index is -0.991. The Labute approximate surface area is 118 Å². The summed E-state index contributed by atoms with van der Waals surface area (Å²) < 4.78 is 13.3. The Morgan fingerprint density at radius 3 is 2.55 bits per heavy atom. The smallest absolute Gasteiger partial charge is 0.324 e. The highest BCUT2D eigenvalue weighted by Crippen LogP contribution is 2.23. The second kappa shape index (κ2) is 5.89. The first-order valence-corrected chi connectivity index (χ1v) is 6.83. The SMILES string of the molecule is CN1CCN(C(C)(Cc2cccc(F)c2)C(=O)O)CC1. The lowest BCUT2D eigenvalue weighted by atomic mass is 9.90. The Balaban J connectivity index is 2.19. The van der Waals surface area contributed by atoms with E-state index in [1.165, 1.54) is 12.1 Å². The summed E-state index contributed by atoms with van der Waals surface area (Å²) in [5, 5.41) is 9.63. The van der Waals surface area contributed by atoms with Crippen molar-refractivity contribution in [3.63, 3.8) is 0 Å². The standard InChI is InChI=1S/C15H21FN2O2/c1-15(14(19)20,18-8-6-17(2)7-9-18)11-12-4-3-5-13(16)10-12/h3-5,10H,6-9,11H2,1-2H3,(H,19,20). The van der Waals surface area contributed by atoms with Crippen molar-refractivity contribution in [2.75, 3.05) is 33.2 Å². The van der Waals surface area contributed by atoms with E-state index in [0.29, 0.717) is 25.1 Å². The Morgan fingerprint density at radius 1 is 1.35 bits per heavy atom. The molecule has 1 fully saturated rings. The van der Waals surface area contributed by atoms with Crippen LogP contribution in [0.25, 0.3) is 0 Å². The zero-order chi connectivity index (χ0) is 14.8. The third-order valence-corrected chi connectivity index (χ3v) is 4.10. The van der Waals surface area contributed by atoms with Gasteiger partial charge in [-0.1, -0.05) is 12.1 Å². The Bertz CT molecular complexity index is 487. The molecule has 1 aromatic rings. The zero-order valence-electron chi connectivity index (χ0n) is 12.0. The first kappa shape index (κ1) is 14.9. The molecule has 1 heterocycles. The fourth-order valence-corrected chi connectivity index (χ4v) is 2.67. The van der Waals surface area contributed by atoms with Crippen LogP contribution < -0.4 is 0 Å². The number of halogens is 1. The number of likely N-dealkylation sites (N-methyl/N-ethyl adjacent to an activating group) is 1. The van der Waals surface area contributed by atoms with E-state index in [1.54, 1.807) is 19.1 Å². The molecule has 0 saturated carbocycles. The topological polar surface area (TPSA) is 43.8 Å². The predicted octanol–water partition coefficient (Wildman–Crippen LogP) is 1.46. The van der Waals surface area contributed by atoms with Gasteiger partial charge in [0.2, 0.25) is 0 Å². The Morgan fingerprint density at radius 2 is 2.00 bits per heavy atom. The van der Waals surface area contributed by atoms with Gasteiger partial charge < -0.3 is 10.0 Å². The average molecular weight is 280 g/mol. The van der Waals surface area contributed by atoms with Gasteiger partial charge in [0.15, 0.2) is 0 Å².